The van der Waals surface area contributed by atoms with Crippen LogP contribution in [0, 0.1) is 0 Å². The summed E-state index contributed by atoms with van der Waals surface area (Å²) in [5.41, 5.74) is 6.51. The third kappa shape index (κ3) is 1.68. The van der Waals surface area contributed by atoms with Crippen LogP contribution in [0.3, 0.4) is 0 Å². The van der Waals surface area contributed by atoms with Gasteiger partial charge in [0.15, 0.2) is 0 Å². The fourth-order valence-electron chi connectivity index (χ4n) is 2.37. The van der Waals surface area contributed by atoms with Crippen molar-refractivity contribution in [3.63, 3.8) is 0 Å². The summed E-state index contributed by atoms with van der Waals surface area (Å²) in [6.45, 7) is 1.87. The first-order chi connectivity index (χ1) is 6.52. The summed E-state index contributed by atoms with van der Waals surface area (Å²) in [5.74, 6) is 0. The molecule has 14 heavy (non-hydrogen) atoms. The summed E-state index contributed by atoms with van der Waals surface area (Å²) in [5, 5.41) is 9.91. The van der Waals surface area contributed by atoms with E-state index in [1.54, 1.807) is 0 Å². The molecule has 0 bridgehead atoms. The average Bonchev–Trinajstić information content (AvgIpc) is 2.44. The molecule has 0 heterocycles. The normalized spacial score (nSPS) is 37.4. The third-order valence-corrected chi connectivity index (χ3v) is 3.15. The molecule has 1 aromatic carbocycles. The number of hydrogen-bond acceptors (Lipinski definition) is 2. The largest absolute Gasteiger partial charge is 0.390 e. The van der Waals surface area contributed by atoms with Gasteiger partial charge in [0.05, 0.1) is 5.60 Å². The molecule has 0 spiro atoms. The van der Waals surface area contributed by atoms with Crippen molar-refractivity contribution in [3.05, 3.63) is 35.9 Å². The monoisotopic (exact) mass is 191 g/mol. The molecular weight excluding hydrogens is 174 g/mol. The highest BCUT2D eigenvalue weighted by Crippen LogP contribution is 2.41. The first-order valence-electron chi connectivity index (χ1n) is 5.09. The highest BCUT2D eigenvalue weighted by Gasteiger charge is 2.42. The van der Waals surface area contributed by atoms with E-state index in [0.717, 1.165) is 18.4 Å². The molecule has 2 rings (SSSR count). The maximum Gasteiger partial charge on any atom is 0.0641 e. The highest BCUT2D eigenvalue weighted by molar-refractivity contribution is 5.26. The Morgan fingerprint density at radius 2 is 1.86 bits per heavy atom. The Hall–Kier alpha value is -0.860. The Balaban J connectivity index is 2.27. The van der Waals surface area contributed by atoms with Gasteiger partial charge in [-0.3, -0.25) is 0 Å². The molecule has 0 saturated heterocycles. The van der Waals surface area contributed by atoms with Crippen LogP contribution in [0.2, 0.25) is 0 Å². The van der Waals surface area contributed by atoms with Gasteiger partial charge in [0, 0.05) is 5.54 Å². The standard InChI is InChI=1S/C12H17NO/c1-11(14)7-8-12(13,9-11)10-5-3-2-4-6-10/h2-6,14H,7-9,13H2,1H3. The lowest BCUT2D eigenvalue weighted by molar-refractivity contribution is 0.0611. The third-order valence-electron chi connectivity index (χ3n) is 3.15. The predicted molar refractivity (Wildman–Crippen MR) is 56.8 cm³/mol. The van der Waals surface area contributed by atoms with Crippen LogP contribution in [0.5, 0.6) is 0 Å². The molecule has 2 heteroatoms. The second-order valence-corrected chi connectivity index (χ2v) is 4.70. The van der Waals surface area contributed by atoms with Crippen LogP contribution in [0.25, 0.3) is 0 Å². The lowest BCUT2D eigenvalue weighted by Gasteiger charge is -2.26. The number of nitrogens with two attached hydrogens (primary N) is 1. The zero-order chi connectivity index (χ0) is 10.2. The smallest absolute Gasteiger partial charge is 0.0641 e. The minimum Gasteiger partial charge on any atom is -0.390 e. The molecule has 3 N–H and O–H groups in total. The molecular formula is C12H17NO. The molecule has 2 unspecified atom stereocenters. The SMILES string of the molecule is CC1(O)CCC(N)(c2ccccc2)C1. The summed E-state index contributed by atoms with van der Waals surface area (Å²) in [6.07, 6.45) is 2.31. The van der Waals surface area contributed by atoms with Gasteiger partial charge in [-0.25, -0.2) is 0 Å². The Labute approximate surface area is 84.7 Å². The van der Waals surface area contributed by atoms with Crippen molar-refractivity contribution in [1.29, 1.82) is 0 Å². The molecule has 2 nitrogen and oxygen atoms in total. The van der Waals surface area contributed by atoms with Gasteiger partial charge in [0.2, 0.25) is 0 Å². The first kappa shape index (κ1) is 9.69. The van der Waals surface area contributed by atoms with E-state index in [4.69, 9.17) is 5.73 Å². The number of aliphatic hydroxyl groups is 1. The fraction of sp³-hybridized carbons (Fsp3) is 0.500. The molecule has 2 atom stereocenters. The summed E-state index contributed by atoms with van der Waals surface area (Å²) < 4.78 is 0. The fourth-order valence-corrected chi connectivity index (χ4v) is 2.37. The van der Waals surface area contributed by atoms with Crippen LogP contribution < -0.4 is 5.73 Å². The quantitative estimate of drug-likeness (QED) is 0.710. The van der Waals surface area contributed by atoms with Crippen molar-refractivity contribution in [2.75, 3.05) is 0 Å². The Kier molecular flexibility index (Phi) is 2.13. The van der Waals surface area contributed by atoms with E-state index in [1.807, 2.05) is 37.3 Å². The molecule has 0 amide bonds. The number of benzene rings is 1. The molecule has 76 valence electrons. The van der Waals surface area contributed by atoms with Gasteiger partial charge in [-0.2, -0.15) is 0 Å². The van der Waals surface area contributed by atoms with Crippen molar-refractivity contribution in [3.8, 4) is 0 Å². The Bertz CT molecular complexity index is 320. The van der Waals surface area contributed by atoms with E-state index in [1.165, 1.54) is 0 Å². The van der Waals surface area contributed by atoms with E-state index < -0.39 is 5.60 Å². The van der Waals surface area contributed by atoms with Gasteiger partial charge in [-0.1, -0.05) is 30.3 Å². The van der Waals surface area contributed by atoms with E-state index in [9.17, 15) is 5.11 Å². The van der Waals surface area contributed by atoms with Gasteiger partial charge < -0.3 is 10.8 Å². The lowest BCUT2D eigenvalue weighted by Crippen LogP contribution is -2.36. The van der Waals surface area contributed by atoms with Crippen molar-refractivity contribution in [2.45, 2.75) is 37.3 Å². The Morgan fingerprint density at radius 3 is 2.36 bits per heavy atom. The second kappa shape index (κ2) is 3.07. The summed E-state index contributed by atoms with van der Waals surface area (Å²) in [4.78, 5) is 0. The molecule has 1 fully saturated rings. The van der Waals surface area contributed by atoms with Gasteiger partial charge in [0.25, 0.3) is 0 Å². The zero-order valence-corrected chi connectivity index (χ0v) is 8.53. The second-order valence-electron chi connectivity index (χ2n) is 4.70. The molecule has 1 aliphatic carbocycles. The average molecular weight is 191 g/mol. The van der Waals surface area contributed by atoms with Crippen molar-refractivity contribution >= 4 is 0 Å². The van der Waals surface area contributed by atoms with Crippen LogP contribution in [0.15, 0.2) is 30.3 Å². The van der Waals surface area contributed by atoms with Crippen LogP contribution >= 0.6 is 0 Å². The molecule has 0 radical (unpaired) electrons. The summed E-state index contributed by atoms with van der Waals surface area (Å²) >= 11 is 0. The van der Waals surface area contributed by atoms with Gasteiger partial charge in [0.1, 0.15) is 0 Å². The highest BCUT2D eigenvalue weighted by atomic mass is 16.3. The maximum atomic E-state index is 9.91. The van der Waals surface area contributed by atoms with Crippen molar-refractivity contribution < 1.29 is 5.11 Å². The van der Waals surface area contributed by atoms with Crippen LogP contribution in [0.1, 0.15) is 31.7 Å². The minimum absolute atomic E-state index is 0.329. The molecule has 0 aromatic heterocycles. The maximum absolute atomic E-state index is 9.91. The number of rotatable bonds is 1. The van der Waals surface area contributed by atoms with Crippen molar-refractivity contribution in [2.24, 2.45) is 5.73 Å². The minimum atomic E-state index is -0.593. The summed E-state index contributed by atoms with van der Waals surface area (Å²) in [6, 6.07) is 10.1. The molecule has 1 aliphatic rings. The predicted octanol–water partition coefficient (Wildman–Crippen LogP) is 1.78. The van der Waals surface area contributed by atoms with Gasteiger partial charge in [-0.15, -0.1) is 0 Å². The van der Waals surface area contributed by atoms with E-state index in [2.05, 4.69) is 0 Å². The van der Waals surface area contributed by atoms with E-state index in [-0.39, 0.29) is 5.54 Å². The van der Waals surface area contributed by atoms with Crippen molar-refractivity contribution in [1.82, 2.24) is 0 Å². The first-order valence-corrected chi connectivity index (χ1v) is 5.09. The van der Waals surface area contributed by atoms with Gasteiger partial charge in [-0.05, 0) is 31.7 Å². The van der Waals surface area contributed by atoms with E-state index in [0.29, 0.717) is 6.42 Å². The summed E-state index contributed by atoms with van der Waals surface area (Å²) in [7, 11) is 0. The zero-order valence-electron chi connectivity index (χ0n) is 8.53. The van der Waals surface area contributed by atoms with E-state index >= 15 is 0 Å². The lowest BCUT2D eigenvalue weighted by atomic mass is 9.88. The molecule has 1 saturated carbocycles. The van der Waals surface area contributed by atoms with Crippen LogP contribution in [-0.2, 0) is 5.54 Å². The van der Waals surface area contributed by atoms with Crippen LogP contribution in [-0.4, -0.2) is 10.7 Å². The molecule has 1 aromatic rings. The molecule has 0 aliphatic heterocycles. The topological polar surface area (TPSA) is 46.2 Å². The van der Waals surface area contributed by atoms with Gasteiger partial charge >= 0.3 is 0 Å². The Morgan fingerprint density at radius 1 is 1.21 bits per heavy atom. The number of hydrogen-bond donors (Lipinski definition) is 2. The van der Waals surface area contributed by atoms with Crippen LogP contribution in [0.4, 0.5) is 0 Å².